The number of aromatic nitrogens is 1. The fourth-order valence-electron chi connectivity index (χ4n) is 1.83. The Morgan fingerprint density at radius 3 is 2.77 bits per heavy atom. The van der Waals surface area contributed by atoms with Crippen molar-refractivity contribution < 1.29 is 13.9 Å². The highest BCUT2D eigenvalue weighted by Crippen LogP contribution is 2.26. The molecule has 22 heavy (non-hydrogen) atoms. The van der Waals surface area contributed by atoms with E-state index in [9.17, 15) is 9.18 Å². The molecule has 1 atom stereocenters. The van der Waals surface area contributed by atoms with Crippen molar-refractivity contribution in [1.29, 1.82) is 5.26 Å². The van der Waals surface area contributed by atoms with Crippen LogP contribution >= 0.6 is 11.8 Å². The Labute approximate surface area is 131 Å². The average Bonchev–Trinajstić information content (AvgIpc) is 2.55. The van der Waals surface area contributed by atoms with Gasteiger partial charge in [-0.25, -0.2) is 9.37 Å². The van der Waals surface area contributed by atoms with Crippen LogP contribution in [0.3, 0.4) is 0 Å². The zero-order valence-corrected chi connectivity index (χ0v) is 12.6. The van der Waals surface area contributed by atoms with Gasteiger partial charge in [0.1, 0.15) is 11.1 Å². The molecule has 0 aliphatic heterocycles. The summed E-state index contributed by atoms with van der Waals surface area (Å²) in [5.41, 5.74) is 1.30. The van der Waals surface area contributed by atoms with Crippen molar-refractivity contribution in [1.82, 2.24) is 4.98 Å². The Hall–Kier alpha value is -2.39. The highest BCUT2D eigenvalue weighted by molar-refractivity contribution is 8.00. The quantitative estimate of drug-likeness (QED) is 0.627. The van der Waals surface area contributed by atoms with E-state index in [0.29, 0.717) is 17.0 Å². The normalized spacial score (nSPS) is 11.5. The van der Waals surface area contributed by atoms with Gasteiger partial charge in [-0.05, 0) is 36.2 Å². The number of rotatable bonds is 5. The minimum Gasteiger partial charge on any atom is -0.468 e. The summed E-state index contributed by atoms with van der Waals surface area (Å²) in [4.78, 5) is 16.1. The Kier molecular flexibility index (Phi) is 5.50. The lowest BCUT2D eigenvalue weighted by Gasteiger charge is -2.14. The van der Waals surface area contributed by atoms with Gasteiger partial charge in [0.05, 0.1) is 23.8 Å². The first kappa shape index (κ1) is 16.0. The summed E-state index contributed by atoms with van der Waals surface area (Å²) in [7, 11) is 1.32. The van der Waals surface area contributed by atoms with Crippen LogP contribution in [0.1, 0.15) is 11.1 Å². The van der Waals surface area contributed by atoms with Gasteiger partial charge in [0, 0.05) is 6.20 Å². The maximum atomic E-state index is 12.9. The Morgan fingerprint density at radius 1 is 1.41 bits per heavy atom. The Morgan fingerprint density at radius 2 is 2.14 bits per heavy atom. The van der Waals surface area contributed by atoms with Crippen LogP contribution in [-0.4, -0.2) is 23.3 Å². The van der Waals surface area contributed by atoms with Crippen molar-refractivity contribution in [2.75, 3.05) is 7.11 Å². The van der Waals surface area contributed by atoms with Gasteiger partial charge < -0.3 is 4.74 Å². The van der Waals surface area contributed by atoms with Crippen LogP contribution in [0, 0.1) is 17.1 Å². The van der Waals surface area contributed by atoms with E-state index in [4.69, 9.17) is 10.00 Å². The smallest absolute Gasteiger partial charge is 0.319 e. The Bertz CT molecular complexity index is 698. The predicted octanol–water partition coefficient (Wildman–Crippen LogP) is 2.97. The molecule has 0 radical (unpaired) electrons. The minimum absolute atomic E-state index is 0.325. The van der Waals surface area contributed by atoms with Crippen molar-refractivity contribution in [3.63, 3.8) is 0 Å². The molecule has 1 aromatic heterocycles. The van der Waals surface area contributed by atoms with Crippen LogP contribution in [0.15, 0.2) is 47.6 Å². The average molecular weight is 316 g/mol. The first-order valence-electron chi connectivity index (χ1n) is 6.47. The molecule has 0 bridgehead atoms. The summed E-state index contributed by atoms with van der Waals surface area (Å²) in [6.45, 7) is 0. The van der Waals surface area contributed by atoms with E-state index < -0.39 is 11.2 Å². The van der Waals surface area contributed by atoms with Crippen molar-refractivity contribution in [2.24, 2.45) is 0 Å². The van der Waals surface area contributed by atoms with Gasteiger partial charge in [0.25, 0.3) is 0 Å². The number of nitrogens with zero attached hydrogens (tertiary/aromatic N) is 2. The predicted molar refractivity (Wildman–Crippen MR) is 80.7 cm³/mol. The van der Waals surface area contributed by atoms with Gasteiger partial charge in [-0.15, -0.1) is 0 Å². The van der Waals surface area contributed by atoms with Gasteiger partial charge in [0.2, 0.25) is 0 Å². The molecule has 1 aromatic carbocycles. The molecule has 112 valence electrons. The van der Waals surface area contributed by atoms with Crippen LogP contribution in [0.2, 0.25) is 0 Å². The summed E-state index contributed by atoms with van der Waals surface area (Å²) in [6.07, 6.45) is 1.91. The summed E-state index contributed by atoms with van der Waals surface area (Å²) >= 11 is 1.22. The van der Waals surface area contributed by atoms with Gasteiger partial charge >= 0.3 is 5.97 Å². The molecule has 0 spiro atoms. The number of nitriles is 1. The summed E-state index contributed by atoms with van der Waals surface area (Å²) < 4.78 is 17.8. The second-order valence-corrected chi connectivity index (χ2v) is 5.68. The molecule has 0 amide bonds. The standard InChI is InChI=1S/C16H13FN2O2S/c1-21-16(20)14(8-11-2-4-13(17)5-3-11)22-15-9-12(10-18)6-7-19-15/h2-7,9,14H,8H2,1H3/t14-/m0/s1. The topological polar surface area (TPSA) is 63.0 Å². The number of pyridine rings is 1. The number of carbonyl (C=O) groups excluding carboxylic acids is 1. The van der Waals surface area contributed by atoms with Crippen LogP contribution in [0.25, 0.3) is 0 Å². The van der Waals surface area contributed by atoms with Crippen molar-refractivity contribution in [3.05, 3.63) is 59.5 Å². The van der Waals surface area contributed by atoms with Gasteiger partial charge in [-0.2, -0.15) is 5.26 Å². The molecule has 0 saturated carbocycles. The highest BCUT2D eigenvalue weighted by atomic mass is 32.2. The molecule has 4 nitrogen and oxygen atoms in total. The molecule has 0 N–H and O–H groups in total. The molecule has 0 unspecified atom stereocenters. The maximum Gasteiger partial charge on any atom is 0.319 e. The lowest BCUT2D eigenvalue weighted by molar-refractivity contribution is -0.139. The van der Waals surface area contributed by atoms with E-state index in [1.165, 1.54) is 37.2 Å². The monoisotopic (exact) mass is 316 g/mol. The number of benzene rings is 1. The summed E-state index contributed by atoms with van der Waals surface area (Å²) in [5.74, 6) is -0.715. The Balaban J connectivity index is 2.17. The number of ether oxygens (including phenoxy) is 1. The second kappa shape index (κ2) is 7.57. The lowest BCUT2D eigenvalue weighted by Crippen LogP contribution is -2.21. The number of hydrogen-bond donors (Lipinski definition) is 0. The molecule has 6 heteroatoms. The van der Waals surface area contributed by atoms with Gasteiger partial charge in [-0.3, -0.25) is 4.79 Å². The van der Waals surface area contributed by atoms with Crippen molar-refractivity contribution >= 4 is 17.7 Å². The number of halogens is 1. The molecule has 2 aromatic rings. The fraction of sp³-hybridized carbons (Fsp3) is 0.188. The molecule has 0 saturated heterocycles. The number of hydrogen-bond acceptors (Lipinski definition) is 5. The van der Waals surface area contributed by atoms with E-state index in [1.54, 1.807) is 24.3 Å². The molecule has 0 aliphatic carbocycles. The minimum atomic E-state index is -0.517. The number of thioether (sulfide) groups is 1. The molecular formula is C16H13FN2O2S. The van der Waals surface area contributed by atoms with E-state index in [0.717, 1.165) is 5.56 Å². The summed E-state index contributed by atoms with van der Waals surface area (Å²) in [6, 6.07) is 11.2. The summed E-state index contributed by atoms with van der Waals surface area (Å²) in [5, 5.41) is 8.95. The van der Waals surface area contributed by atoms with Crippen LogP contribution in [-0.2, 0) is 16.0 Å². The molecular weight excluding hydrogens is 303 g/mol. The zero-order chi connectivity index (χ0) is 15.9. The fourth-order valence-corrected chi connectivity index (χ4v) is 2.90. The SMILES string of the molecule is COC(=O)[C@H](Cc1ccc(F)cc1)Sc1cc(C#N)ccn1. The van der Waals surface area contributed by atoms with E-state index in [-0.39, 0.29) is 5.82 Å². The molecule has 1 heterocycles. The van der Waals surface area contributed by atoms with Crippen molar-refractivity contribution in [2.45, 2.75) is 16.7 Å². The first-order chi connectivity index (χ1) is 10.6. The van der Waals surface area contributed by atoms with Crippen LogP contribution < -0.4 is 0 Å². The third-order valence-corrected chi connectivity index (χ3v) is 4.03. The van der Waals surface area contributed by atoms with Gasteiger partial charge in [0.15, 0.2) is 0 Å². The molecule has 2 rings (SSSR count). The van der Waals surface area contributed by atoms with Crippen molar-refractivity contribution in [3.8, 4) is 6.07 Å². The zero-order valence-electron chi connectivity index (χ0n) is 11.8. The largest absolute Gasteiger partial charge is 0.468 e. The van der Waals surface area contributed by atoms with E-state index >= 15 is 0 Å². The second-order valence-electron chi connectivity index (χ2n) is 4.45. The lowest BCUT2D eigenvalue weighted by atomic mass is 10.1. The third-order valence-electron chi connectivity index (χ3n) is 2.93. The third kappa shape index (κ3) is 4.30. The molecule has 0 aliphatic rings. The van der Waals surface area contributed by atoms with Crippen LogP contribution in [0.5, 0.6) is 0 Å². The first-order valence-corrected chi connectivity index (χ1v) is 7.35. The van der Waals surface area contributed by atoms with Crippen LogP contribution in [0.4, 0.5) is 4.39 Å². The number of carbonyl (C=O) groups is 1. The number of methoxy groups -OCH3 is 1. The molecule has 0 fully saturated rings. The maximum absolute atomic E-state index is 12.9. The van der Waals surface area contributed by atoms with E-state index in [1.807, 2.05) is 6.07 Å². The highest BCUT2D eigenvalue weighted by Gasteiger charge is 2.22. The van der Waals surface area contributed by atoms with E-state index in [2.05, 4.69) is 4.98 Å². The number of esters is 1. The van der Waals surface area contributed by atoms with Gasteiger partial charge in [-0.1, -0.05) is 23.9 Å².